The fraction of sp³-hybridized carbons (Fsp3) is 0.739. The van der Waals surface area contributed by atoms with Gasteiger partial charge in [-0.05, 0) is 158 Å². The van der Waals surface area contributed by atoms with Crippen LogP contribution in [0.15, 0.2) is 23.5 Å². The molecule has 17 atom stereocenters. The van der Waals surface area contributed by atoms with Crippen LogP contribution in [0, 0.1) is 47.3 Å². The molecule has 45 heteroatoms. The summed E-state index contributed by atoms with van der Waals surface area (Å²) in [6, 6.07) is -22.3. The van der Waals surface area contributed by atoms with E-state index < -0.39 is 283 Å². The molecule has 137 heavy (non-hydrogen) atoms. The van der Waals surface area contributed by atoms with Crippen molar-refractivity contribution in [1.29, 1.82) is 0 Å². The Hall–Kier alpha value is -11.3. The second kappa shape index (κ2) is 61.8. The van der Waals surface area contributed by atoms with Crippen molar-refractivity contribution in [3.63, 3.8) is 0 Å². The predicted molar refractivity (Wildman–Crippen MR) is 505 cm³/mol. The number of nitrogens with zero attached hydrogens (tertiary/aromatic N) is 1. The van der Waals surface area contributed by atoms with Crippen LogP contribution in [0.4, 0.5) is 0 Å². The van der Waals surface area contributed by atoms with Gasteiger partial charge in [-0.3, -0.25) is 91.1 Å². The Balaban J connectivity index is 2.43. The minimum Gasteiger partial charge on any atom is -0.458 e. The first-order chi connectivity index (χ1) is 64.2. The van der Waals surface area contributed by atoms with E-state index in [9.17, 15) is 111 Å². The smallest absolute Gasteiger partial charge is 0.328 e. The Bertz CT molecular complexity index is 4140. The number of nitrogens with two attached hydrogens (primary N) is 3. The van der Waals surface area contributed by atoms with E-state index in [0.29, 0.717) is 32.1 Å². The van der Waals surface area contributed by atoms with Crippen LogP contribution in [0.25, 0.3) is 0 Å². The zero-order chi connectivity index (χ0) is 104. The lowest BCUT2D eigenvalue weighted by Crippen LogP contribution is -2.62. The Kier molecular flexibility index (Phi) is 54.9. The average Bonchev–Trinajstić information content (AvgIpc) is 1.64. The van der Waals surface area contributed by atoms with Crippen molar-refractivity contribution in [2.45, 2.75) is 350 Å². The second-order valence-corrected chi connectivity index (χ2v) is 38.0. The van der Waals surface area contributed by atoms with E-state index in [0.717, 1.165) is 18.9 Å². The molecule has 45 nitrogen and oxygen atoms in total. The highest BCUT2D eigenvalue weighted by atomic mass is 16.5. The minimum atomic E-state index is -1.84. The Labute approximate surface area is 803 Å². The molecule has 26 N–H and O–H groups in total. The number of aliphatic hydroxyl groups excluding tert-OH is 3. The van der Waals surface area contributed by atoms with Crippen LogP contribution in [0.2, 0.25) is 0 Å². The van der Waals surface area contributed by atoms with Crippen molar-refractivity contribution in [3.8, 4) is 0 Å². The quantitative estimate of drug-likeness (QED) is 0.0161. The molecule has 2 fully saturated rings. The summed E-state index contributed by atoms with van der Waals surface area (Å²) in [6.45, 7) is 30.0. The first-order valence-electron chi connectivity index (χ1n) is 47.8. The number of ether oxygens (including phenoxy) is 1. The molecule has 2 aliphatic heterocycles. The molecule has 0 radical (unpaired) electrons. The molecule has 0 bridgehead atoms. The molecular formula is C92H159N21O24. The number of nitrogens with one attached hydrogen (secondary N) is 17. The summed E-state index contributed by atoms with van der Waals surface area (Å²) >= 11 is 0. The van der Waals surface area contributed by atoms with Crippen molar-refractivity contribution >= 4 is 118 Å². The van der Waals surface area contributed by atoms with Gasteiger partial charge in [0, 0.05) is 13.0 Å². The molecule has 0 saturated carbocycles. The highest BCUT2D eigenvalue weighted by Gasteiger charge is 2.44. The van der Waals surface area contributed by atoms with Crippen LogP contribution in [0.5, 0.6) is 0 Å². The third-order valence-corrected chi connectivity index (χ3v) is 22.7. The lowest BCUT2D eigenvalue weighted by atomic mass is 9.97. The molecule has 2 aliphatic rings. The lowest BCUT2D eigenvalue weighted by molar-refractivity contribution is -0.156. The molecule has 776 valence electrons. The lowest BCUT2D eigenvalue weighted by Gasteiger charge is -2.31. The summed E-state index contributed by atoms with van der Waals surface area (Å²) in [4.78, 5) is 282. The summed E-state index contributed by atoms with van der Waals surface area (Å²) < 4.78 is 5.80. The van der Waals surface area contributed by atoms with Crippen molar-refractivity contribution in [2.75, 3.05) is 39.4 Å². The Morgan fingerprint density at radius 3 is 1.37 bits per heavy atom. The van der Waals surface area contributed by atoms with Gasteiger partial charge in [-0.2, -0.15) is 0 Å². The average molecular weight is 1940 g/mol. The van der Waals surface area contributed by atoms with Gasteiger partial charge < -0.3 is 133 Å². The highest BCUT2D eigenvalue weighted by Crippen LogP contribution is 2.23. The van der Waals surface area contributed by atoms with Gasteiger partial charge in [-0.25, -0.2) is 4.79 Å². The maximum absolute atomic E-state index is 14.6. The third kappa shape index (κ3) is 42.7. The first-order valence-corrected chi connectivity index (χ1v) is 47.8. The van der Waals surface area contributed by atoms with E-state index in [1.54, 1.807) is 111 Å². The molecule has 19 amide bonds. The van der Waals surface area contributed by atoms with Crippen molar-refractivity contribution in [3.05, 3.63) is 23.5 Å². The number of esters is 1. The van der Waals surface area contributed by atoms with Gasteiger partial charge in [0.1, 0.15) is 108 Å². The number of carbonyl (C=O) groups is 20. The van der Waals surface area contributed by atoms with E-state index >= 15 is 0 Å². The van der Waals surface area contributed by atoms with Gasteiger partial charge in [-0.1, -0.05) is 149 Å². The number of rotatable bonds is 55. The monoisotopic (exact) mass is 1940 g/mol. The van der Waals surface area contributed by atoms with E-state index in [1.165, 1.54) is 31.7 Å². The normalized spacial score (nSPS) is 19.5. The topological polar surface area (TPSA) is 697 Å². The number of amides is 19. The fourth-order valence-corrected chi connectivity index (χ4v) is 15.0. The number of allylic oxidation sites excluding steroid dienone is 2. The summed E-state index contributed by atoms with van der Waals surface area (Å²) in [6.07, 6.45) is 2.61. The summed E-state index contributed by atoms with van der Waals surface area (Å²) in [5, 5.41) is 74.8. The van der Waals surface area contributed by atoms with E-state index in [4.69, 9.17) is 21.9 Å². The van der Waals surface area contributed by atoms with Gasteiger partial charge >= 0.3 is 5.97 Å². The molecule has 0 aliphatic carbocycles. The number of hydrogen-bond donors (Lipinski definition) is 23. The minimum absolute atomic E-state index is 0.000602. The zero-order valence-electron chi connectivity index (χ0n) is 83.4. The van der Waals surface area contributed by atoms with Gasteiger partial charge in [0.2, 0.25) is 100 Å². The highest BCUT2D eigenvalue weighted by molar-refractivity contribution is 6.05. The maximum Gasteiger partial charge on any atom is 0.328 e. The van der Waals surface area contributed by atoms with Gasteiger partial charge in [0.05, 0.1) is 32.3 Å². The summed E-state index contributed by atoms with van der Waals surface area (Å²) in [5.74, 6) is -22.8. The van der Waals surface area contributed by atoms with Crippen molar-refractivity contribution < 1.29 is 116 Å². The molecule has 2 rings (SSSR count). The van der Waals surface area contributed by atoms with Crippen molar-refractivity contribution in [1.82, 2.24) is 95.3 Å². The molecule has 0 aromatic carbocycles. The third-order valence-electron chi connectivity index (χ3n) is 22.7. The number of unbranched alkanes of at least 4 members (excludes halogenated alkanes) is 3. The molecular weight excluding hydrogens is 1780 g/mol. The van der Waals surface area contributed by atoms with Crippen LogP contribution in [0.1, 0.15) is 248 Å². The SMILES string of the molecule is CC=C(NC(=O)C(NC(=O)C(CC(C)C)NC(=O)C(CCC(N)=O)NC(=O)C(NC(=O)C(NC(=O)C(CC(C)C)NC(=O)C(CO)NC(=O)C(NC(=O)C(CC(C)C)NC(=O)C(CO)NC(=O)C1CCCN1C(=O)C(=CC)NC(=O)CC(O)CCCCC)C(C)C)C(C)C)C(C)C)C(C)C)C(=O)NC1C(=O)NC(CC(C)C)C(=O)NCC(=O)NC(CCN)C(=O)NC(CCCCN)C(=O)OC1C. The molecule has 2 saturated heterocycles. The van der Waals surface area contributed by atoms with Gasteiger partial charge in [0.15, 0.2) is 0 Å². The van der Waals surface area contributed by atoms with E-state index in [-0.39, 0.29) is 100 Å². The second-order valence-electron chi connectivity index (χ2n) is 38.0. The van der Waals surface area contributed by atoms with Crippen LogP contribution in [0.3, 0.4) is 0 Å². The zero-order valence-corrected chi connectivity index (χ0v) is 83.4. The number of hydrogen-bond acceptors (Lipinski definition) is 26. The Morgan fingerprint density at radius 2 is 0.927 bits per heavy atom. The van der Waals surface area contributed by atoms with Gasteiger partial charge in [-0.15, -0.1) is 0 Å². The molecule has 0 aromatic heterocycles. The van der Waals surface area contributed by atoms with Crippen LogP contribution >= 0.6 is 0 Å². The first kappa shape index (κ1) is 122. The maximum atomic E-state index is 14.6. The van der Waals surface area contributed by atoms with Crippen molar-refractivity contribution in [2.24, 2.45) is 64.5 Å². The van der Waals surface area contributed by atoms with Crippen LogP contribution < -0.4 is 108 Å². The number of carbonyl (C=O) groups excluding carboxylic acids is 20. The van der Waals surface area contributed by atoms with E-state index in [2.05, 4.69) is 90.4 Å². The predicted octanol–water partition coefficient (Wildman–Crippen LogP) is -3.27. The summed E-state index contributed by atoms with van der Waals surface area (Å²) in [5.41, 5.74) is 16.5. The Morgan fingerprint density at radius 1 is 0.482 bits per heavy atom. The molecule has 0 spiro atoms. The van der Waals surface area contributed by atoms with Crippen LogP contribution in [-0.4, -0.2) is 281 Å². The summed E-state index contributed by atoms with van der Waals surface area (Å²) in [7, 11) is 0. The molecule has 17 unspecified atom stereocenters. The number of aliphatic hydroxyl groups is 3. The largest absolute Gasteiger partial charge is 0.458 e. The number of likely N-dealkylation sites (tertiary alicyclic amines) is 1. The molecule has 0 aromatic rings. The number of cyclic esters (lactones) is 1. The number of primary amides is 1. The van der Waals surface area contributed by atoms with E-state index in [1.807, 2.05) is 6.92 Å². The van der Waals surface area contributed by atoms with Crippen LogP contribution in [-0.2, 0) is 101 Å². The standard InChI is InChI=1S/C92H159N21O24/c1-21-24-25-29-55(116)42-69(118)97-57(23-3)91(135)113-37-28-31-67(113)85(129)106-65(44-114)83(127)103-63(40-48(8)9)81(125)109-72(51(14)15)88(132)107-66(45-115)84(128)104-64(41-49(10)11)82(126)110-74(53(18)19)89(133)111-73(52(16)17)87(131)100-58(32-33-68(95)117)78(122)102-62(39-47(6)7)80(124)108-71(50(12)13)86(130)99-56(22-2)77(121)112-75-54(20)137-92(136)60(30-26-27-35-93)101-79(123)59(34-36-94)98-70(119)43-96-76(120)61(38-46(4)5)105-90(75)134/h22-23,46-55,58-67,71-75,114-116H,21,24-45,93-94H2,1-20H3,(H2,95,117)(H,96,120)(H,97,118)(H,98,119)(H,99,130)(H,100,131)(H,101,123)(H,102,122)(H,103,127)(H,104,128)(H,105,134)(H,106,129)(H,107,132)(H,108,124)(H,109,125)(H,110,126)(H,111,133)(H,112,121). The molecule has 2 heterocycles. The fourth-order valence-electron chi connectivity index (χ4n) is 15.0. The van der Waals surface area contributed by atoms with Gasteiger partial charge in [0.25, 0.3) is 11.8 Å².